The van der Waals surface area contributed by atoms with Gasteiger partial charge in [-0.1, -0.05) is 12.1 Å². The van der Waals surface area contributed by atoms with E-state index in [9.17, 15) is 9.59 Å². The highest BCUT2D eigenvalue weighted by Gasteiger charge is 2.10. The lowest BCUT2D eigenvalue weighted by Gasteiger charge is -2.14. The summed E-state index contributed by atoms with van der Waals surface area (Å²) in [5, 5.41) is 9.10. The van der Waals surface area contributed by atoms with Crippen LogP contribution in [0.1, 0.15) is 29.3 Å². The number of ether oxygens (including phenoxy) is 1. The summed E-state index contributed by atoms with van der Waals surface area (Å²) >= 11 is 1.45. The minimum Gasteiger partial charge on any atom is -0.497 e. The van der Waals surface area contributed by atoms with Gasteiger partial charge in [0.15, 0.2) is 0 Å². The lowest BCUT2D eigenvalue weighted by Crippen LogP contribution is -2.41. The smallest absolute Gasteiger partial charge is 0.252 e. The number of benzene rings is 1. The molecule has 1 heterocycles. The number of methoxy groups -OCH3 is 1. The molecule has 128 valence electrons. The van der Waals surface area contributed by atoms with Crippen molar-refractivity contribution < 1.29 is 14.3 Å². The Morgan fingerprint density at radius 2 is 1.96 bits per heavy atom. The van der Waals surface area contributed by atoms with Gasteiger partial charge in [0.05, 0.1) is 13.7 Å². The van der Waals surface area contributed by atoms with E-state index in [1.54, 1.807) is 18.6 Å². The minimum absolute atomic E-state index is 0.0123. The second-order valence-electron chi connectivity index (χ2n) is 5.55. The first-order valence-corrected chi connectivity index (χ1v) is 8.75. The summed E-state index contributed by atoms with van der Waals surface area (Å²) < 4.78 is 5.13. The van der Waals surface area contributed by atoms with Crippen molar-refractivity contribution in [3.63, 3.8) is 0 Å². The van der Waals surface area contributed by atoms with Gasteiger partial charge in [0.1, 0.15) is 5.75 Å². The van der Waals surface area contributed by atoms with Crippen molar-refractivity contribution >= 4 is 23.2 Å². The maximum Gasteiger partial charge on any atom is 0.252 e. The normalized spacial score (nSPS) is 11.6. The Morgan fingerprint density at radius 1 is 1.21 bits per heavy atom. The van der Waals surface area contributed by atoms with Crippen molar-refractivity contribution in [2.75, 3.05) is 13.7 Å². The molecule has 0 aliphatic rings. The zero-order valence-corrected chi connectivity index (χ0v) is 14.7. The van der Waals surface area contributed by atoms with E-state index in [0.29, 0.717) is 5.56 Å². The summed E-state index contributed by atoms with van der Waals surface area (Å²) in [6.45, 7) is 1.95. The van der Waals surface area contributed by atoms with Crippen molar-refractivity contribution in [3.8, 4) is 5.75 Å². The number of amides is 2. The average molecular weight is 346 g/mol. The number of aryl methyl sites for hydroxylation is 1. The molecule has 2 amide bonds. The highest BCUT2D eigenvalue weighted by Crippen LogP contribution is 2.13. The van der Waals surface area contributed by atoms with Crippen LogP contribution in [0.15, 0.2) is 41.1 Å². The Kier molecular flexibility index (Phi) is 6.81. The molecule has 2 N–H and O–H groups in total. The van der Waals surface area contributed by atoms with E-state index in [2.05, 4.69) is 10.6 Å². The highest BCUT2D eigenvalue weighted by atomic mass is 32.1. The Labute approximate surface area is 146 Å². The Balaban J connectivity index is 1.68. The summed E-state index contributed by atoms with van der Waals surface area (Å²) in [7, 11) is 1.64. The quantitative estimate of drug-likeness (QED) is 0.772. The molecular weight excluding hydrogens is 324 g/mol. The maximum atomic E-state index is 11.9. The van der Waals surface area contributed by atoms with E-state index < -0.39 is 0 Å². The van der Waals surface area contributed by atoms with Crippen LogP contribution in [-0.2, 0) is 11.2 Å². The van der Waals surface area contributed by atoms with Crippen LogP contribution in [0.25, 0.3) is 0 Å². The van der Waals surface area contributed by atoms with Gasteiger partial charge in [-0.05, 0) is 48.9 Å². The van der Waals surface area contributed by atoms with Crippen LogP contribution < -0.4 is 15.4 Å². The van der Waals surface area contributed by atoms with Crippen molar-refractivity contribution in [1.29, 1.82) is 0 Å². The third-order valence-corrected chi connectivity index (χ3v) is 4.31. The van der Waals surface area contributed by atoms with Crippen LogP contribution in [0.4, 0.5) is 0 Å². The average Bonchev–Trinajstić information content (AvgIpc) is 3.13. The highest BCUT2D eigenvalue weighted by molar-refractivity contribution is 7.08. The predicted octanol–water partition coefficient (Wildman–Crippen LogP) is 2.62. The molecule has 1 atom stereocenters. The molecule has 0 aliphatic heterocycles. The SMILES string of the molecule is COc1ccc(CC[C@H](C)NC(=O)CNC(=O)c2ccsc2)cc1. The molecule has 0 spiro atoms. The number of carbonyl (C=O) groups is 2. The summed E-state index contributed by atoms with van der Waals surface area (Å²) in [4.78, 5) is 23.6. The van der Waals surface area contributed by atoms with E-state index in [4.69, 9.17) is 4.74 Å². The summed E-state index contributed by atoms with van der Waals surface area (Å²) in [5.41, 5.74) is 1.78. The van der Waals surface area contributed by atoms with Crippen LogP contribution in [-0.4, -0.2) is 31.5 Å². The monoisotopic (exact) mass is 346 g/mol. The first-order valence-electron chi connectivity index (χ1n) is 7.81. The molecular formula is C18H22N2O3S. The fraction of sp³-hybridized carbons (Fsp3) is 0.333. The van der Waals surface area contributed by atoms with Crippen LogP contribution in [0.5, 0.6) is 5.75 Å². The van der Waals surface area contributed by atoms with Gasteiger partial charge in [0.25, 0.3) is 5.91 Å². The second-order valence-corrected chi connectivity index (χ2v) is 6.33. The van der Waals surface area contributed by atoms with Gasteiger partial charge in [-0.25, -0.2) is 0 Å². The molecule has 1 aromatic carbocycles. The van der Waals surface area contributed by atoms with Gasteiger partial charge in [-0.3, -0.25) is 9.59 Å². The maximum absolute atomic E-state index is 11.9. The molecule has 0 saturated carbocycles. The van der Waals surface area contributed by atoms with Crippen molar-refractivity contribution in [2.45, 2.75) is 25.8 Å². The summed E-state index contributed by atoms with van der Waals surface area (Å²) in [6.07, 6.45) is 1.70. The number of carbonyl (C=O) groups excluding carboxylic acids is 2. The summed E-state index contributed by atoms with van der Waals surface area (Å²) in [6, 6.07) is 9.67. The van der Waals surface area contributed by atoms with Gasteiger partial charge >= 0.3 is 0 Å². The number of hydrogen-bond donors (Lipinski definition) is 2. The third kappa shape index (κ3) is 5.70. The zero-order valence-electron chi connectivity index (χ0n) is 13.9. The predicted molar refractivity (Wildman–Crippen MR) is 95.6 cm³/mol. The fourth-order valence-electron chi connectivity index (χ4n) is 2.23. The molecule has 0 bridgehead atoms. The number of thiophene rings is 1. The zero-order chi connectivity index (χ0) is 17.4. The van der Waals surface area contributed by atoms with Crippen molar-refractivity contribution in [1.82, 2.24) is 10.6 Å². The largest absolute Gasteiger partial charge is 0.497 e. The van der Waals surface area contributed by atoms with Crippen LogP contribution in [0.2, 0.25) is 0 Å². The van der Waals surface area contributed by atoms with Gasteiger partial charge in [-0.2, -0.15) is 11.3 Å². The van der Waals surface area contributed by atoms with Gasteiger partial charge < -0.3 is 15.4 Å². The Morgan fingerprint density at radius 3 is 2.58 bits per heavy atom. The molecule has 6 heteroatoms. The van der Waals surface area contributed by atoms with Crippen LogP contribution >= 0.6 is 11.3 Å². The first-order chi connectivity index (χ1) is 11.6. The first kappa shape index (κ1) is 18.0. The summed E-state index contributed by atoms with van der Waals surface area (Å²) in [5.74, 6) is 0.430. The third-order valence-electron chi connectivity index (χ3n) is 3.63. The standard InChI is InChI=1S/C18H22N2O3S/c1-13(3-4-14-5-7-16(23-2)8-6-14)20-17(21)11-19-18(22)15-9-10-24-12-15/h5-10,12-13H,3-4,11H2,1-2H3,(H,19,22)(H,20,21)/t13-/m0/s1. The topological polar surface area (TPSA) is 67.4 Å². The molecule has 0 radical (unpaired) electrons. The van der Waals surface area contributed by atoms with E-state index in [1.807, 2.05) is 36.6 Å². The lowest BCUT2D eigenvalue weighted by molar-refractivity contribution is -0.120. The number of rotatable bonds is 8. The Hall–Kier alpha value is -2.34. The van der Waals surface area contributed by atoms with Crippen LogP contribution in [0.3, 0.4) is 0 Å². The number of hydrogen-bond acceptors (Lipinski definition) is 4. The molecule has 0 unspecified atom stereocenters. The van der Waals surface area contributed by atoms with E-state index >= 15 is 0 Å². The molecule has 2 rings (SSSR count). The van der Waals surface area contributed by atoms with Gasteiger partial charge in [0, 0.05) is 17.0 Å². The van der Waals surface area contributed by atoms with Crippen LogP contribution in [0, 0.1) is 0 Å². The van der Waals surface area contributed by atoms with Gasteiger partial charge in [0.2, 0.25) is 5.91 Å². The molecule has 5 nitrogen and oxygen atoms in total. The molecule has 1 aromatic heterocycles. The molecule has 0 fully saturated rings. The lowest BCUT2D eigenvalue weighted by atomic mass is 10.1. The minimum atomic E-state index is -0.225. The molecule has 2 aromatic rings. The number of nitrogens with one attached hydrogen (secondary N) is 2. The van der Waals surface area contributed by atoms with E-state index in [1.165, 1.54) is 16.9 Å². The van der Waals surface area contributed by atoms with Crippen molar-refractivity contribution in [2.24, 2.45) is 0 Å². The molecule has 0 aliphatic carbocycles. The Bertz CT molecular complexity index is 653. The fourth-order valence-corrected chi connectivity index (χ4v) is 2.87. The molecule has 24 heavy (non-hydrogen) atoms. The second kappa shape index (κ2) is 9.08. The van der Waals surface area contributed by atoms with E-state index in [-0.39, 0.29) is 24.4 Å². The van der Waals surface area contributed by atoms with Crippen molar-refractivity contribution in [3.05, 3.63) is 52.2 Å². The van der Waals surface area contributed by atoms with Gasteiger partial charge in [-0.15, -0.1) is 0 Å². The molecule has 0 saturated heterocycles. The van der Waals surface area contributed by atoms with E-state index in [0.717, 1.165) is 18.6 Å².